The summed E-state index contributed by atoms with van der Waals surface area (Å²) in [5.74, 6) is 0.704. The number of anilines is 3. The predicted molar refractivity (Wildman–Crippen MR) is 158 cm³/mol. The molecule has 42 heavy (non-hydrogen) atoms. The molecule has 1 aliphatic rings. The summed E-state index contributed by atoms with van der Waals surface area (Å²) in [6, 6.07) is 16.6. The predicted octanol–water partition coefficient (Wildman–Crippen LogP) is 6.10. The molecule has 12 heteroatoms. The second-order valence-electron chi connectivity index (χ2n) is 9.73. The van der Waals surface area contributed by atoms with Crippen molar-refractivity contribution in [2.45, 2.75) is 25.9 Å². The molecule has 1 aliphatic heterocycles. The zero-order valence-electron chi connectivity index (χ0n) is 23.3. The number of aromatic amines is 1. The number of carbonyl (C=O) groups is 1. The second-order valence-corrected chi connectivity index (χ2v) is 9.73. The first kappa shape index (κ1) is 30.4. The SMILES string of the molecule is COc1ccc(C(F)(F)F)cc1NC(=O)Nc1cccc2ccccc12.Cc1cc(=O)[nH]c(NCCN2CCCC2)n1. The number of alkyl halides is 3. The lowest BCUT2D eigenvalue weighted by Gasteiger charge is -2.15. The standard InChI is InChI=1S/C19H15F3N2O2.C11H18N4O/c1-26-17-10-9-13(19(20,21)22)11-16(17)24-18(25)23-15-8-4-6-12-5-2-3-7-14(12)15;1-9-8-10(16)14-11(13-9)12-4-7-15-5-2-3-6-15/h2-11H,1H3,(H2,23,24,25);8H,2-7H2,1H3,(H2,12,13,14,16). The van der Waals surface area contributed by atoms with E-state index in [1.165, 1.54) is 39.1 Å². The second kappa shape index (κ2) is 13.9. The number of aryl methyl sites for hydroxylation is 1. The Labute approximate surface area is 241 Å². The van der Waals surface area contributed by atoms with Crippen molar-refractivity contribution in [3.8, 4) is 5.75 Å². The van der Waals surface area contributed by atoms with Crippen molar-refractivity contribution in [1.82, 2.24) is 14.9 Å². The van der Waals surface area contributed by atoms with E-state index >= 15 is 0 Å². The fourth-order valence-electron chi connectivity index (χ4n) is 4.59. The van der Waals surface area contributed by atoms with Crippen LogP contribution in [0.15, 0.2) is 71.5 Å². The van der Waals surface area contributed by atoms with Crippen LogP contribution in [-0.2, 0) is 6.18 Å². The highest BCUT2D eigenvalue weighted by molar-refractivity contribution is 6.06. The monoisotopic (exact) mass is 582 g/mol. The molecule has 0 atom stereocenters. The summed E-state index contributed by atoms with van der Waals surface area (Å²) in [6.45, 7) is 6.05. The van der Waals surface area contributed by atoms with Crippen molar-refractivity contribution in [3.63, 3.8) is 0 Å². The van der Waals surface area contributed by atoms with E-state index in [1.54, 1.807) is 12.1 Å². The Morgan fingerprint density at radius 1 is 1.00 bits per heavy atom. The molecule has 0 bridgehead atoms. The zero-order chi connectivity index (χ0) is 30.1. The molecule has 3 aromatic carbocycles. The molecular formula is C30H33F3N6O3. The highest BCUT2D eigenvalue weighted by atomic mass is 19.4. The van der Waals surface area contributed by atoms with Crippen LogP contribution in [0.3, 0.4) is 0 Å². The van der Waals surface area contributed by atoms with E-state index in [1.807, 2.05) is 37.3 Å². The van der Waals surface area contributed by atoms with E-state index in [2.05, 4.69) is 30.8 Å². The number of rotatable bonds is 7. The number of carbonyl (C=O) groups excluding carboxylic acids is 1. The van der Waals surface area contributed by atoms with Crippen LogP contribution < -0.4 is 26.2 Å². The van der Waals surface area contributed by atoms with Crippen LogP contribution in [0.25, 0.3) is 10.8 Å². The maximum Gasteiger partial charge on any atom is 0.416 e. The molecule has 2 amide bonds. The van der Waals surface area contributed by atoms with Gasteiger partial charge in [-0.05, 0) is 62.5 Å². The number of hydrogen-bond donors (Lipinski definition) is 4. The van der Waals surface area contributed by atoms with E-state index < -0.39 is 17.8 Å². The third kappa shape index (κ3) is 8.46. The van der Waals surface area contributed by atoms with Crippen LogP contribution in [0.4, 0.5) is 35.3 Å². The minimum atomic E-state index is -4.52. The van der Waals surface area contributed by atoms with E-state index in [9.17, 15) is 22.8 Å². The van der Waals surface area contributed by atoms with Crippen molar-refractivity contribution in [1.29, 1.82) is 0 Å². The first-order chi connectivity index (χ1) is 20.1. The topological polar surface area (TPSA) is 111 Å². The largest absolute Gasteiger partial charge is 0.495 e. The van der Waals surface area contributed by atoms with Gasteiger partial charge in [-0.3, -0.25) is 9.78 Å². The summed E-state index contributed by atoms with van der Waals surface area (Å²) >= 11 is 0. The van der Waals surface area contributed by atoms with Gasteiger partial charge >= 0.3 is 12.2 Å². The van der Waals surface area contributed by atoms with Gasteiger partial charge < -0.3 is 25.6 Å². The summed E-state index contributed by atoms with van der Waals surface area (Å²) in [5.41, 5.74) is 0.244. The van der Waals surface area contributed by atoms with Crippen molar-refractivity contribution in [2.75, 3.05) is 49.2 Å². The van der Waals surface area contributed by atoms with Gasteiger partial charge in [-0.1, -0.05) is 36.4 Å². The Kier molecular flexibility index (Phi) is 10.0. The Bertz CT molecular complexity index is 1560. The lowest BCUT2D eigenvalue weighted by atomic mass is 10.1. The first-order valence-corrected chi connectivity index (χ1v) is 13.5. The molecule has 4 N–H and O–H groups in total. The number of ether oxygens (including phenoxy) is 1. The lowest BCUT2D eigenvalue weighted by Crippen LogP contribution is -2.27. The van der Waals surface area contributed by atoms with Gasteiger partial charge in [0.15, 0.2) is 0 Å². The maximum atomic E-state index is 12.9. The average Bonchev–Trinajstić information content (AvgIpc) is 3.46. The summed E-state index contributed by atoms with van der Waals surface area (Å²) < 4.78 is 43.7. The Balaban J connectivity index is 0.000000216. The minimum Gasteiger partial charge on any atom is -0.495 e. The number of aromatic nitrogens is 2. The summed E-state index contributed by atoms with van der Waals surface area (Å²) in [5, 5.41) is 9.97. The van der Waals surface area contributed by atoms with E-state index in [4.69, 9.17) is 4.74 Å². The molecule has 0 spiro atoms. The number of fused-ring (bicyclic) bond motifs is 1. The molecule has 0 radical (unpaired) electrons. The van der Waals surface area contributed by atoms with Gasteiger partial charge in [-0.2, -0.15) is 13.2 Å². The Morgan fingerprint density at radius 2 is 1.71 bits per heavy atom. The highest BCUT2D eigenvalue weighted by Crippen LogP contribution is 2.35. The third-order valence-corrected chi connectivity index (χ3v) is 6.60. The van der Waals surface area contributed by atoms with Crippen molar-refractivity contribution < 1.29 is 22.7 Å². The number of benzene rings is 3. The molecule has 1 saturated heterocycles. The maximum absolute atomic E-state index is 12.9. The van der Waals surface area contributed by atoms with Gasteiger partial charge in [0, 0.05) is 30.2 Å². The molecule has 4 aromatic rings. The molecular weight excluding hydrogens is 549 g/mol. The fourth-order valence-corrected chi connectivity index (χ4v) is 4.59. The van der Waals surface area contributed by atoms with Gasteiger partial charge in [0.05, 0.1) is 24.0 Å². The Morgan fingerprint density at radius 3 is 2.43 bits per heavy atom. The van der Waals surface area contributed by atoms with Gasteiger partial charge in [-0.15, -0.1) is 0 Å². The smallest absolute Gasteiger partial charge is 0.416 e. The van der Waals surface area contributed by atoms with E-state index in [0.717, 1.165) is 47.8 Å². The summed E-state index contributed by atoms with van der Waals surface area (Å²) in [7, 11) is 1.32. The quantitative estimate of drug-likeness (QED) is 0.210. The van der Waals surface area contributed by atoms with Gasteiger partial charge in [0.2, 0.25) is 5.95 Å². The molecule has 2 heterocycles. The van der Waals surface area contributed by atoms with Gasteiger partial charge in [0.1, 0.15) is 5.75 Å². The van der Waals surface area contributed by atoms with Crippen LogP contribution in [0.5, 0.6) is 5.75 Å². The lowest BCUT2D eigenvalue weighted by molar-refractivity contribution is -0.137. The van der Waals surface area contributed by atoms with Crippen LogP contribution in [0.2, 0.25) is 0 Å². The number of H-pyrrole nitrogens is 1. The molecule has 1 aromatic heterocycles. The number of halogens is 3. The van der Waals surface area contributed by atoms with Gasteiger partial charge in [0.25, 0.3) is 5.56 Å². The number of urea groups is 1. The molecule has 0 unspecified atom stereocenters. The third-order valence-electron chi connectivity index (χ3n) is 6.60. The first-order valence-electron chi connectivity index (χ1n) is 13.5. The van der Waals surface area contributed by atoms with Crippen molar-refractivity contribution in [2.24, 2.45) is 0 Å². The minimum absolute atomic E-state index is 0.0694. The van der Waals surface area contributed by atoms with Crippen molar-refractivity contribution >= 4 is 34.1 Å². The van der Waals surface area contributed by atoms with Crippen LogP contribution in [-0.4, -0.2) is 54.2 Å². The fraction of sp³-hybridized carbons (Fsp3) is 0.300. The number of nitrogens with zero attached hydrogens (tertiary/aromatic N) is 2. The summed E-state index contributed by atoms with van der Waals surface area (Å²) in [6.07, 6.45) is -1.91. The number of likely N-dealkylation sites (tertiary alicyclic amines) is 1. The number of amides is 2. The average molecular weight is 583 g/mol. The van der Waals surface area contributed by atoms with Crippen molar-refractivity contribution in [3.05, 3.63) is 88.3 Å². The molecule has 222 valence electrons. The molecule has 0 aliphatic carbocycles. The molecule has 9 nitrogen and oxygen atoms in total. The number of methoxy groups -OCH3 is 1. The van der Waals surface area contributed by atoms with Crippen LogP contribution >= 0.6 is 0 Å². The van der Waals surface area contributed by atoms with E-state index in [0.29, 0.717) is 11.6 Å². The number of hydrogen-bond acceptors (Lipinski definition) is 6. The molecule has 5 rings (SSSR count). The highest BCUT2D eigenvalue weighted by Gasteiger charge is 2.31. The van der Waals surface area contributed by atoms with E-state index in [-0.39, 0.29) is 17.0 Å². The van der Waals surface area contributed by atoms with Crippen LogP contribution in [0.1, 0.15) is 24.1 Å². The Hall–Kier alpha value is -4.58. The molecule has 1 fully saturated rings. The van der Waals surface area contributed by atoms with Crippen LogP contribution in [0, 0.1) is 6.92 Å². The molecule has 0 saturated carbocycles. The zero-order valence-corrected chi connectivity index (χ0v) is 23.3. The van der Waals surface area contributed by atoms with Gasteiger partial charge in [-0.25, -0.2) is 9.78 Å². The summed E-state index contributed by atoms with van der Waals surface area (Å²) in [4.78, 5) is 32.8. The normalized spacial score (nSPS) is 13.3. The number of nitrogens with one attached hydrogen (secondary N) is 4.